The number of benzene rings is 2. The second-order valence-electron chi connectivity index (χ2n) is 6.33. The van der Waals surface area contributed by atoms with Crippen molar-refractivity contribution < 1.29 is 35.9 Å². The van der Waals surface area contributed by atoms with E-state index in [1.165, 1.54) is 24.3 Å². The lowest BCUT2D eigenvalue weighted by Gasteiger charge is -2.15. The van der Waals surface area contributed by atoms with Crippen LogP contribution in [0.4, 0.5) is 18.9 Å². The topological polar surface area (TPSA) is 125 Å². The fourth-order valence-corrected chi connectivity index (χ4v) is 3.77. The molecule has 0 fully saturated rings. The van der Waals surface area contributed by atoms with Gasteiger partial charge in [0.15, 0.2) is 6.61 Å². The summed E-state index contributed by atoms with van der Waals surface area (Å²) < 4.78 is 70.1. The number of esters is 1. The predicted molar refractivity (Wildman–Crippen MR) is 107 cm³/mol. The first-order valence-corrected chi connectivity index (χ1v) is 10.6. The van der Waals surface area contributed by atoms with Gasteiger partial charge < -0.3 is 10.1 Å². The Balaban J connectivity index is 1.97. The number of carbonyl (C=O) groups is 2. The van der Waals surface area contributed by atoms with Gasteiger partial charge in [-0.25, -0.2) is 8.42 Å². The van der Waals surface area contributed by atoms with E-state index in [2.05, 4.69) is 5.32 Å². The Kier molecular flexibility index (Phi) is 7.84. The van der Waals surface area contributed by atoms with Gasteiger partial charge in [-0.15, -0.1) is 0 Å². The van der Waals surface area contributed by atoms with E-state index < -0.39 is 56.2 Å². The zero-order valence-electron chi connectivity index (χ0n) is 16.2. The van der Waals surface area contributed by atoms with E-state index >= 15 is 0 Å². The molecular weight excluding hydrogens is 475 g/mol. The maximum Gasteiger partial charge on any atom is 0.417 e. The first-order chi connectivity index (χ1) is 14.8. The van der Waals surface area contributed by atoms with Crippen molar-refractivity contribution in [1.29, 1.82) is 5.26 Å². The SMILES string of the molecule is C[C@@H](NS(=O)(=O)c1ccc(Cl)c(C(F)(F)F)c1)C(=O)OCC(=O)Nc1ccc(C#N)cc1. The van der Waals surface area contributed by atoms with E-state index in [9.17, 15) is 31.2 Å². The molecule has 0 aliphatic heterocycles. The van der Waals surface area contributed by atoms with Crippen LogP contribution < -0.4 is 10.0 Å². The Morgan fingerprint density at radius 1 is 1.19 bits per heavy atom. The second kappa shape index (κ2) is 9.99. The van der Waals surface area contributed by atoms with Gasteiger partial charge in [-0.3, -0.25) is 9.59 Å². The number of hydrogen-bond donors (Lipinski definition) is 2. The molecule has 32 heavy (non-hydrogen) atoms. The number of amides is 1. The Hall–Kier alpha value is -3.14. The Morgan fingerprint density at radius 2 is 1.81 bits per heavy atom. The minimum Gasteiger partial charge on any atom is -0.454 e. The number of hydrogen-bond acceptors (Lipinski definition) is 6. The van der Waals surface area contributed by atoms with E-state index in [4.69, 9.17) is 21.6 Å². The molecule has 0 bridgehead atoms. The third-order valence-corrected chi connectivity index (χ3v) is 5.75. The van der Waals surface area contributed by atoms with Crippen LogP contribution in [-0.2, 0) is 30.5 Å². The molecule has 0 unspecified atom stereocenters. The Labute approximate surface area is 186 Å². The van der Waals surface area contributed by atoms with Gasteiger partial charge in [-0.1, -0.05) is 11.6 Å². The van der Waals surface area contributed by atoms with Gasteiger partial charge >= 0.3 is 12.1 Å². The van der Waals surface area contributed by atoms with Crippen LogP contribution in [0.2, 0.25) is 5.02 Å². The number of rotatable bonds is 7. The number of nitrogens with one attached hydrogen (secondary N) is 2. The standard InChI is InChI=1S/C19H15ClF3N3O5S/c1-11(18(28)31-10-17(27)25-13-4-2-12(9-24)3-5-13)26-32(29,30)14-6-7-16(20)15(8-14)19(21,22)23/h2-8,11,26H,10H2,1H3,(H,25,27)/t11-/m1/s1. The first kappa shape index (κ1) is 25.1. The molecule has 0 aromatic heterocycles. The van der Waals surface area contributed by atoms with Crippen LogP contribution in [0.1, 0.15) is 18.1 Å². The average molecular weight is 490 g/mol. The van der Waals surface area contributed by atoms with Crippen molar-refractivity contribution in [3.05, 3.63) is 58.6 Å². The summed E-state index contributed by atoms with van der Waals surface area (Å²) in [6.45, 7) is 0.350. The van der Waals surface area contributed by atoms with Crippen LogP contribution in [0.15, 0.2) is 47.4 Å². The van der Waals surface area contributed by atoms with Crippen molar-refractivity contribution in [3.63, 3.8) is 0 Å². The van der Waals surface area contributed by atoms with Crippen molar-refractivity contribution in [3.8, 4) is 6.07 Å². The van der Waals surface area contributed by atoms with E-state index in [0.717, 1.165) is 19.1 Å². The maximum absolute atomic E-state index is 13.0. The highest BCUT2D eigenvalue weighted by molar-refractivity contribution is 7.89. The number of carbonyl (C=O) groups excluding carboxylic acids is 2. The van der Waals surface area contributed by atoms with Gasteiger partial charge in [0.25, 0.3) is 5.91 Å². The molecule has 2 rings (SSSR count). The van der Waals surface area contributed by atoms with Crippen molar-refractivity contribution >= 4 is 39.2 Å². The van der Waals surface area contributed by atoms with E-state index in [1.807, 2.05) is 10.8 Å². The van der Waals surface area contributed by atoms with Crippen LogP contribution in [0.3, 0.4) is 0 Å². The van der Waals surface area contributed by atoms with Gasteiger partial charge in [0.1, 0.15) is 6.04 Å². The molecule has 0 aliphatic carbocycles. The third-order valence-electron chi connectivity index (χ3n) is 3.88. The number of alkyl halides is 3. The summed E-state index contributed by atoms with van der Waals surface area (Å²) in [6.07, 6.45) is -4.88. The van der Waals surface area contributed by atoms with Gasteiger partial charge in [-0.2, -0.15) is 23.2 Å². The van der Waals surface area contributed by atoms with Gasteiger partial charge in [0.05, 0.1) is 27.1 Å². The van der Waals surface area contributed by atoms with E-state index in [-0.39, 0.29) is 0 Å². The highest BCUT2D eigenvalue weighted by atomic mass is 35.5. The van der Waals surface area contributed by atoms with Gasteiger partial charge in [0, 0.05) is 5.69 Å². The van der Waals surface area contributed by atoms with Gasteiger partial charge in [0.2, 0.25) is 10.0 Å². The number of nitriles is 1. The monoisotopic (exact) mass is 489 g/mol. The lowest BCUT2D eigenvalue weighted by Crippen LogP contribution is -2.40. The first-order valence-electron chi connectivity index (χ1n) is 8.69. The molecular formula is C19H15ClF3N3O5S. The second-order valence-corrected chi connectivity index (χ2v) is 8.45. The summed E-state index contributed by atoms with van der Waals surface area (Å²) >= 11 is 5.47. The molecule has 0 spiro atoms. The molecule has 2 aromatic rings. The van der Waals surface area contributed by atoms with E-state index in [0.29, 0.717) is 17.3 Å². The molecule has 2 N–H and O–H groups in total. The highest BCUT2D eigenvalue weighted by Gasteiger charge is 2.35. The molecule has 0 heterocycles. The van der Waals surface area contributed by atoms with E-state index in [1.54, 1.807) is 0 Å². The van der Waals surface area contributed by atoms with Crippen molar-refractivity contribution in [2.24, 2.45) is 0 Å². The fraction of sp³-hybridized carbons (Fsp3) is 0.211. The third kappa shape index (κ3) is 6.68. The highest BCUT2D eigenvalue weighted by Crippen LogP contribution is 2.35. The molecule has 0 saturated heterocycles. The zero-order chi connectivity index (χ0) is 24.1. The molecule has 13 heteroatoms. The van der Waals surface area contributed by atoms with Crippen LogP contribution in [0.25, 0.3) is 0 Å². The lowest BCUT2D eigenvalue weighted by atomic mass is 10.2. The largest absolute Gasteiger partial charge is 0.454 e. The molecule has 170 valence electrons. The molecule has 0 radical (unpaired) electrons. The van der Waals surface area contributed by atoms with Crippen LogP contribution in [0.5, 0.6) is 0 Å². The number of ether oxygens (including phenoxy) is 1. The molecule has 0 aliphatic rings. The van der Waals surface area contributed by atoms with Crippen LogP contribution in [0, 0.1) is 11.3 Å². The molecule has 1 atom stereocenters. The number of anilines is 1. The molecule has 2 aromatic carbocycles. The quantitative estimate of drug-likeness (QED) is 0.576. The van der Waals surface area contributed by atoms with Crippen LogP contribution in [-0.4, -0.2) is 32.9 Å². The lowest BCUT2D eigenvalue weighted by molar-refractivity contribution is -0.148. The summed E-state index contributed by atoms with van der Waals surface area (Å²) in [5, 5.41) is 10.4. The number of sulfonamides is 1. The Bertz CT molecular complexity index is 1160. The minimum atomic E-state index is -4.88. The normalized spacial score (nSPS) is 12.5. The summed E-state index contributed by atoms with van der Waals surface area (Å²) in [5.74, 6) is -1.86. The predicted octanol–water partition coefficient (Wildman–Crippen LogP) is 3.08. The number of halogens is 4. The van der Waals surface area contributed by atoms with Crippen molar-refractivity contribution in [1.82, 2.24) is 4.72 Å². The summed E-state index contributed by atoms with van der Waals surface area (Å²) in [5.41, 5.74) is -0.641. The van der Waals surface area contributed by atoms with Crippen molar-refractivity contribution in [2.45, 2.75) is 24.0 Å². The van der Waals surface area contributed by atoms with Crippen molar-refractivity contribution in [2.75, 3.05) is 11.9 Å². The Morgan fingerprint density at radius 3 is 2.38 bits per heavy atom. The fourth-order valence-electron chi connectivity index (χ4n) is 2.32. The smallest absolute Gasteiger partial charge is 0.417 e. The zero-order valence-corrected chi connectivity index (χ0v) is 17.8. The molecule has 0 saturated carbocycles. The summed E-state index contributed by atoms with van der Waals surface area (Å²) in [7, 11) is -4.53. The number of nitrogens with zero attached hydrogens (tertiary/aromatic N) is 1. The average Bonchev–Trinajstić information content (AvgIpc) is 2.71. The summed E-state index contributed by atoms with van der Waals surface area (Å²) in [6, 6.07) is 8.19. The molecule has 8 nitrogen and oxygen atoms in total. The van der Waals surface area contributed by atoms with Crippen LogP contribution >= 0.6 is 11.6 Å². The molecule has 1 amide bonds. The minimum absolute atomic E-state index is 0.335. The van der Waals surface area contributed by atoms with Gasteiger partial charge in [-0.05, 0) is 49.4 Å². The maximum atomic E-state index is 13.0. The summed E-state index contributed by atoms with van der Waals surface area (Å²) in [4.78, 5) is 23.1.